The van der Waals surface area contributed by atoms with E-state index >= 15 is 0 Å². The molecule has 21 heavy (non-hydrogen) atoms. The first-order chi connectivity index (χ1) is 10.2. The number of amides is 1. The Balaban J connectivity index is 1.82. The lowest BCUT2D eigenvalue weighted by atomic mass is 9.86. The van der Waals surface area contributed by atoms with Crippen molar-refractivity contribution >= 4 is 17.5 Å². The zero-order valence-corrected chi connectivity index (χ0v) is 13.1. The first-order valence-electron chi connectivity index (χ1n) is 7.86. The molecule has 1 saturated carbocycles. The fourth-order valence-electron chi connectivity index (χ4n) is 3.27. The second kappa shape index (κ2) is 6.23. The molecule has 1 amide bonds. The number of allylic oxidation sites excluding steroid dienone is 1. The molecule has 1 aliphatic carbocycles. The Labute approximate surface area is 131 Å². The number of nitrogens with zero attached hydrogens (tertiary/aromatic N) is 1. The highest BCUT2D eigenvalue weighted by molar-refractivity contribution is 6.30. The largest absolute Gasteiger partial charge is 0.335 e. The molecule has 0 aromatic heterocycles. The third kappa shape index (κ3) is 3.32. The minimum Gasteiger partial charge on any atom is -0.335 e. The van der Waals surface area contributed by atoms with Crippen molar-refractivity contribution in [2.45, 2.75) is 38.1 Å². The van der Waals surface area contributed by atoms with Crippen molar-refractivity contribution in [2.24, 2.45) is 11.8 Å². The predicted octanol–water partition coefficient (Wildman–Crippen LogP) is 4.61. The van der Waals surface area contributed by atoms with Crippen LogP contribution in [0.2, 0.25) is 5.02 Å². The summed E-state index contributed by atoms with van der Waals surface area (Å²) in [4.78, 5) is 14.9. The molecule has 0 N–H and O–H groups in total. The second-order valence-electron chi connectivity index (χ2n) is 6.30. The minimum atomic E-state index is 0.129. The van der Waals surface area contributed by atoms with Gasteiger partial charge in [0.1, 0.15) is 0 Å². The van der Waals surface area contributed by atoms with Gasteiger partial charge in [-0.15, -0.1) is 6.58 Å². The molecule has 3 heteroatoms. The summed E-state index contributed by atoms with van der Waals surface area (Å²) in [5, 5.41) is 0.749. The van der Waals surface area contributed by atoms with Crippen molar-refractivity contribution < 1.29 is 4.79 Å². The standard InChI is InChI=1S/C18H22ClNO/c1-2-3-15-8-11-17(14-6-9-16(19)10-7-14)20(18(15)21)12-13-4-5-13/h2,6-7,9-10,13,15,17H,1,3-5,8,11-12H2. The van der Waals surface area contributed by atoms with Crippen LogP contribution in [-0.2, 0) is 4.79 Å². The zero-order chi connectivity index (χ0) is 14.8. The lowest BCUT2D eigenvalue weighted by Gasteiger charge is -2.39. The monoisotopic (exact) mass is 303 g/mol. The quantitative estimate of drug-likeness (QED) is 0.728. The molecule has 2 atom stereocenters. The molecule has 112 valence electrons. The summed E-state index contributed by atoms with van der Waals surface area (Å²) in [6.07, 6.45) is 7.21. The summed E-state index contributed by atoms with van der Waals surface area (Å²) < 4.78 is 0. The van der Waals surface area contributed by atoms with Gasteiger partial charge in [0.05, 0.1) is 6.04 Å². The van der Waals surface area contributed by atoms with Crippen molar-refractivity contribution in [3.63, 3.8) is 0 Å². The van der Waals surface area contributed by atoms with Crippen LogP contribution in [0, 0.1) is 11.8 Å². The number of rotatable bonds is 5. The molecule has 2 fully saturated rings. The Hall–Kier alpha value is -1.28. The lowest BCUT2D eigenvalue weighted by molar-refractivity contribution is -0.142. The van der Waals surface area contributed by atoms with Crippen LogP contribution in [0.25, 0.3) is 0 Å². The Morgan fingerprint density at radius 3 is 2.52 bits per heavy atom. The SMILES string of the molecule is C=CCC1CCC(c2ccc(Cl)cc2)N(CC2CC2)C1=O. The summed E-state index contributed by atoms with van der Waals surface area (Å²) in [6, 6.07) is 8.19. The van der Waals surface area contributed by atoms with E-state index in [-0.39, 0.29) is 12.0 Å². The van der Waals surface area contributed by atoms with Gasteiger partial charge >= 0.3 is 0 Å². The lowest BCUT2D eigenvalue weighted by Crippen LogP contribution is -2.44. The van der Waals surface area contributed by atoms with E-state index in [1.54, 1.807) is 0 Å². The van der Waals surface area contributed by atoms with Crippen molar-refractivity contribution in [2.75, 3.05) is 6.54 Å². The number of carbonyl (C=O) groups is 1. The van der Waals surface area contributed by atoms with Gasteiger partial charge in [0.15, 0.2) is 0 Å². The van der Waals surface area contributed by atoms with E-state index in [1.165, 1.54) is 18.4 Å². The first kappa shape index (κ1) is 14.6. The molecule has 2 aliphatic rings. The maximum Gasteiger partial charge on any atom is 0.226 e. The van der Waals surface area contributed by atoms with E-state index < -0.39 is 0 Å². The average Bonchev–Trinajstić information content (AvgIpc) is 3.29. The van der Waals surface area contributed by atoms with Crippen LogP contribution in [0.3, 0.4) is 0 Å². The molecular weight excluding hydrogens is 282 g/mol. The van der Waals surface area contributed by atoms with E-state index in [9.17, 15) is 4.79 Å². The van der Waals surface area contributed by atoms with Gasteiger partial charge in [-0.2, -0.15) is 0 Å². The van der Waals surface area contributed by atoms with Crippen molar-refractivity contribution in [3.8, 4) is 0 Å². The Bertz CT molecular complexity index is 521. The van der Waals surface area contributed by atoms with E-state index in [0.717, 1.165) is 30.8 Å². The number of carbonyl (C=O) groups excluding carboxylic acids is 1. The first-order valence-corrected chi connectivity index (χ1v) is 8.23. The molecule has 1 heterocycles. The van der Waals surface area contributed by atoms with E-state index in [0.29, 0.717) is 11.8 Å². The fraction of sp³-hybridized carbons (Fsp3) is 0.500. The summed E-state index contributed by atoms with van der Waals surface area (Å²) in [5.74, 6) is 1.16. The van der Waals surface area contributed by atoms with Crippen LogP contribution >= 0.6 is 11.6 Å². The van der Waals surface area contributed by atoms with Gasteiger partial charge in [0.2, 0.25) is 5.91 Å². The van der Waals surface area contributed by atoms with Crippen LogP contribution in [0.5, 0.6) is 0 Å². The summed E-state index contributed by atoms with van der Waals surface area (Å²) >= 11 is 5.98. The summed E-state index contributed by atoms with van der Waals surface area (Å²) in [6.45, 7) is 4.71. The van der Waals surface area contributed by atoms with Crippen LogP contribution in [0.1, 0.15) is 43.7 Å². The highest BCUT2D eigenvalue weighted by Gasteiger charge is 2.38. The normalized spacial score (nSPS) is 26.0. The maximum atomic E-state index is 12.8. The molecule has 1 aliphatic heterocycles. The molecule has 3 rings (SSSR count). The van der Waals surface area contributed by atoms with Crippen LogP contribution in [0.15, 0.2) is 36.9 Å². The number of hydrogen-bond donors (Lipinski definition) is 0. The van der Waals surface area contributed by atoms with Gasteiger partial charge in [-0.05, 0) is 55.7 Å². The van der Waals surface area contributed by atoms with Gasteiger partial charge in [-0.25, -0.2) is 0 Å². The van der Waals surface area contributed by atoms with Crippen molar-refractivity contribution in [1.82, 2.24) is 4.90 Å². The topological polar surface area (TPSA) is 20.3 Å². The third-order valence-corrected chi connectivity index (χ3v) is 4.91. The summed E-state index contributed by atoms with van der Waals surface area (Å²) in [5.41, 5.74) is 1.21. The predicted molar refractivity (Wildman–Crippen MR) is 86.2 cm³/mol. The Kier molecular flexibility index (Phi) is 4.34. The molecule has 1 aromatic carbocycles. The maximum absolute atomic E-state index is 12.8. The highest BCUT2D eigenvalue weighted by Crippen LogP contribution is 2.39. The van der Waals surface area contributed by atoms with Gasteiger partial charge in [-0.3, -0.25) is 4.79 Å². The number of benzene rings is 1. The molecular formula is C18H22ClNO. The zero-order valence-electron chi connectivity index (χ0n) is 12.3. The molecule has 0 bridgehead atoms. The Morgan fingerprint density at radius 2 is 1.90 bits per heavy atom. The molecule has 2 nitrogen and oxygen atoms in total. The number of halogens is 1. The van der Waals surface area contributed by atoms with Gasteiger partial charge < -0.3 is 4.90 Å². The van der Waals surface area contributed by atoms with Gasteiger partial charge in [0, 0.05) is 17.5 Å². The van der Waals surface area contributed by atoms with Crippen LogP contribution in [0.4, 0.5) is 0 Å². The van der Waals surface area contributed by atoms with E-state index in [4.69, 9.17) is 11.6 Å². The number of hydrogen-bond acceptors (Lipinski definition) is 1. The summed E-state index contributed by atoms with van der Waals surface area (Å²) in [7, 11) is 0. The van der Waals surface area contributed by atoms with Crippen molar-refractivity contribution in [1.29, 1.82) is 0 Å². The average molecular weight is 304 g/mol. The molecule has 1 aromatic rings. The van der Waals surface area contributed by atoms with E-state index in [2.05, 4.69) is 23.6 Å². The number of likely N-dealkylation sites (tertiary alicyclic amines) is 1. The molecule has 0 spiro atoms. The molecule has 1 saturated heterocycles. The molecule has 0 radical (unpaired) electrons. The van der Waals surface area contributed by atoms with Crippen LogP contribution in [-0.4, -0.2) is 17.4 Å². The van der Waals surface area contributed by atoms with Crippen molar-refractivity contribution in [3.05, 3.63) is 47.5 Å². The van der Waals surface area contributed by atoms with Crippen LogP contribution < -0.4 is 0 Å². The van der Waals surface area contributed by atoms with Gasteiger partial charge in [0.25, 0.3) is 0 Å². The third-order valence-electron chi connectivity index (χ3n) is 4.65. The van der Waals surface area contributed by atoms with E-state index in [1.807, 2.05) is 18.2 Å². The molecule has 2 unspecified atom stereocenters. The number of piperidine rings is 1. The van der Waals surface area contributed by atoms with Gasteiger partial charge in [-0.1, -0.05) is 29.8 Å². The Morgan fingerprint density at radius 1 is 1.19 bits per heavy atom. The highest BCUT2D eigenvalue weighted by atomic mass is 35.5. The fourth-order valence-corrected chi connectivity index (χ4v) is 3.40. The minimum absolute atomic E-state index is 0.129. The second-order valence-corrected chi connectivity index (χ2v) is 6.74. The smallest absolute Gasteiger partial charge is 0.226 e.